The van der Waals surface area contributed by atoms with Gasteiger partial charge in [-0.2, -0.15) is 0 Å². The van der Waals surface area contributed by atoms with Crippen molar-refractivity contribution >= 4 is 23.2 Å². The SMILES string of the molecule is NCC(NCC1CC1)c1cc(Cl)cc(Cl)c1. The van der Waals surface area contributed by atoms with Crippen LogP contribution in [0.1, 0.15) is 24.4 Å². The summed E-state index contributed by atoms with van der Waals surface area (Å²) in [7, 11) is 0. The van der Waals surface area contributed by atoms with Gasteiger partial charge in [0.15, 0.2) is 0 Å². The molecule has 0 aliphatic heterocycles. The van der Waals surface area contributed by atoms with E-state index < -0.39 is 0 Å². The molecule has 1 aliphatic carbocycles. The summed E-state index contributed by atoms with van der Waals surface area (Å²) >= 11 is 11.9. The van der Waals surface area contributed by atoms with Crippen molar-refractivity contribution in [1.82, 2.24) is 5.32 Å². The summed E-state index contributed by atoms with van der Waals surface area (Å²) in [6.45, 7) is 1.59. The Labute approximate surface area is 106 Å². The topological polar surface area (TPSA) is 38.0 Å². The van der Waals surface area contributed by atoms with Crippen LogP contribution in [0.3, 0.4) is 0 Å². The fraction of sp³-hybridized carbons (Fsp3) is 0.500. The number of nitrogens with one attached hydrogen (secondary N) is 1. The average Bonchev–Trinajstić information content (AvgIpc) is 3.01. The molecule has 2 rings (SSSR count). The molecule has 1 saturated carbocycles. The molecule has 1 unspecified atom stereocenters. The molecular weight excluding hydrogens is 243 g/mol. The van der Waals surface area contributed by atoms with Crippen LogP contribution in [0.2, 0.25) is 10.0 Å². The molecule has 0 amide bonds. The van der Waals surface area contributed by atoms with Crippen LogP contribution in [0.25, 0.3) is 0 Å². The Balaban J connectivity index is 2.04. The molecule has 88 valence electrons. The molecule has 4 heteroatoms. The zero-order valence-corrected chi connectivity index (χ0v) is 10.6. The quantitative estimate of drug-likeness (QED) is 0.853. The molecule has 0 aromatic heterocycles. The fourth-order valence-electron chi connectivity index (χ4n) is 1.74. The van der Waals surface area contributed by atoms with Crippen molar-refractivity contribution in [3.8, 4) is 0 Å². The molecule has 2 nitrogen and oxygen atoms in total. The van der Waals surface area contributed by atoms with Crippen molar-refractivity contribution in [1.29, 1.82) is 0 Å². The molecule has 0 spiro atoms. The van der Waals surface area contributed by atoms with Crippen LogP contribution in [-0.2, 0) is 0 Å². The van der Waals surface area contributed by atoms with E-state index in [1.165, 1.54) is 12.8 Å². The summed E-state index contributed by atoms with van der Waals surface area (Å²) in [5.41, 5.74) is 6.83. The van der Waals surface area contributed by atoms with E-state index in [0.29, 0.717) is 16.6 Å². The third kappa shape index (κ3) is 3.36. The highest BCUT2D eigenvalue weighted by Crippen LogP contribution is 2.29. The van der Waals surface area contributed by atoms with Gasteiger partial charge < -0.3 is 11.1 Å². The number of rotatable bonds is 5. The third-order valence-corrected chi connectivity index (χ3v) is 3.31. The summed E-state index contributed by atoms with van der Waals surface area (Å²) in [4.78, 5) is 0. The van der Waals surface area contributed by atoms with Gasteiger partial charge in [0.1, 0.15) is 0 Å². The second kappa shape index (κ2) is 5.37. The van der Waals surface area contributed by atoms with Gasteiger partial charge in [0.05, 0.1) is 0 Å². The van der Waals surface area contributed by atoms with Crippen molar-refractivity contribution in [3.05, 3.63) is 33.8 Å². The molecule has 1 aromatic carbocycles. The van der Waals surface area contributed by atoms with Gasteiger partial charge in [-0.3, -0.25) is 0 Å². The number of nitrogens with two attached hydrogens (primary N) is 1. The highest BCUT2D eigenvalue weighted by atomic mass is 35.5. The van der Waals surface area contributed by atoms with E-state index in [4.69, 9.17) is 28.9 Å². The van der Waals surface area contributed by atoms with Crippen LogP contribution >= 0.6 is 23.2 Å². The van der Waals surface area contributed by atoms with E-state index in [9.17, 15) is 0 Å². The highest BCUT2D eigenvalue weighted by Gasteiger charge is 2.22. The van der Waals surface area contributed by atoms with E-state index in [0.717, 1.165) is 18.0 Å². The van der Waals surface area contributed by atoms with Crippen molar-refractivity contribution < 1.29 is 0 Å². The Bertz CT molecular complexity index is 344. The molecule has 0 bridgehead atoms. The first-order valence-electron chi connectivity index (χ1n) is 5.58. The summed E-state index contributed by atoms with van der Waals surface area (Å²) in [5, 5.41) is 4.78. The molecule has 1 aromatic rings. The Hall–Kier alpha value is -0.280. The highest BCUT2D eigenvalue weighted by molar-refractivity contribution is 6.34. The van der Waals surface area contributed by atoms with Crippen molar-refractivity contribution in [2.45, 2.75) is 18.9 Å². The molecule has 0 saturated heterocycles. The van der Waals surface area contributed by atoms with Gasteiger partial charge in [-0.1, -0.05) is 23.2 Å². The Morgan fingerprint density at radius 2 is 1.88 bits per heavy atom. The van der Waals surface area contributed by atoms with Crippen LogP contribution in [0, 0.1) is 5.92 Å². The van der Waals surface area contributed by atoms with Crippen molar-refractivity contribution in [3.63, 3.8) is 0 Å². The second-order valence-electron chi connectivity index (χ2n) is 4.34. The third-order valence-electron chi connectivity index (χ3n) is 2.87. The first-order valence-corrected chi connectivity index (χ1v) is 6.34. The molecule has 0 radical (unpaired) electrons. The molecule has 1 aliphatic rings. The molecule has 1 fully saturated rings. The summed E-state index contributed by atoms with van der Waals surface area (Å²) in [6, 6.07) is 5.73. The standard InChI is InChI=1S/C12H16Cl2N2/c13-10-3-9(4-11(14)5-10)12(6-15)16-7-8-1-2-8/h3-5,8,12,16H,1-2,6-7,15H2. The maximum Gasteiger partial charge on any atom is 0.0445 e. The molecule has 0 heterocycles. The van der Waals surface area contributed by atoms with Crippen LogP contribution in [0.15, 0.2) is 18.2 Å². The maximum atomic E-state index is 5.97. The smallest absolute Gasteiger partial charge is 0.0445 e. The van der Waals surface area contributed by atoms with Gasteiger partial charge in [-0.25, -0.2) is 0 Å². The summed E-state index contributed by atoms with van der Waals surface area (Å²) in [5.74, 6) is 0.837. The Kier molecular flexibility index (Phi) is 4.09. The normalized spacial score (nSPS) is 17.4. The number of benzene rings is 1. The Morgan fingerprint density at radius 3 is 2.38 bits per heavy atom. The van der Waals surface area contributed by atoms with Gasteiger partial charge in [0, 0.05) is 22.6 Å². The Morgan fingerprint density at radius 1 is 1.25 bits per heavy atom. The number of hydrogen-bond donors (Lipinski definition) is 2. The van der Waals surface area contributed by atoms with E-state index in [1.807, 2.05) is 12.1 Å². The van der Waals surface area contributed by atoms with Crippen LogP contribution in [-0.4, -0.2) is 13.1 Å². The maximum absolute atomic E-state index is 5.97. The predicted octanol–water partition coefficient (Wildman–Crippen LogP) is 2.99. The van der Waals surface area contributed by atoms with Crippen LogP contribution in [0.5, 0.6) is 0 Å². The number of halogens is 2. The first kappa shape index (κ1) is 12.2. The lowest BCUT2D eigenvalue weighted by Crippen LogP contribution is -2.29. The molecule has 1 atom stereocenters. The molecule has 16 heavy (non-hydrogen) atoms. The summed E-state index contributed by atoms with van der Waals surface area (Å²) in [6.07, 6.45) is 2.67. The zero-order valence-electron chi connectivity index (χ0n) is 9.05. The monoisotopic (exact) mass is 258 g/mol. The minimum atomic E-state index is 0.150. The number of hydrogen-bond acceptors (Lipinski definition) is 2. The van der Waals surface area contributed by atoms with Crippen LogP contribution < -0.4 is 11.1 Å². The first-order chi connectivity index (χ1) is 7.69. The lowest BCUT2D eigenvalue weighted by Gasteiger charge is -2.17. The lowest BCUT2D eigenvalue weighted by molar-refractivity contribution is 0.522. The average molecular weight is 259 g/mol. The fourth-order valence-corrected chi connectivity index (χ4v) is 2.29. The van der Waals surface area contributed by atoms with Gasteiger partial charge in [-0.05, 0) is 49.1 Å². The minimum absolute atomic E-state index is 0.150. The predicted molar refractivity (Wildman–Crippen MR) is 69.0 cm³/mol. The van der Waals surface area contributed by atoms with Gasteiger partial charge in [-0.15, -0.1) is 0 Å². The van der Waals surface area contributed by atoms with Gasteiger partial charge >= 0.3 is 0 Å². The lowest BCUT2D eigenvalue weighted by atomic mass is 10.1. The minimum Gasteiger partial charge on any atom is -0.329 e. The zero-order chi connectivity index (χ0) is 11.5. The van der Waals surface area contributed by atoms with Crippen LogP contribution in [0.4, 0.5) is 0 Å². The summed E-state index contributed by atoms with van der Waals surface area (Å²) < 4.78 is 0. The van der Waals surface area contributed by atoms with Crippen molar-refractivity contribution in [2.75, 3.05) is 13.1 Å². The van der Waals surface area contributed by atoms with Gasteiger partial charge in [0.25, 0.3) is 0 Å². The van der Waals surface area contributed by atoms with E-state index >= 15 is 0 Å². The largest absolute Gasteiger partial charge is 0.329 e. The van der Waals surface area contributed by atoms with Gasteiger partial charge in [0.2, 0.25) is 0 Å². The second-order valence-corrected chi connectivity index (χ2v) is 5.22. The molecule has 3 N–H and O–H groups in total. The van der Waals surface area contributed by atoms with E-state index in [1.54, 1.807) is 6.07 Å². The van der Waals surface area contributed by atoms with Crippen molar-refractivity contribution in [2.24, 2.45) is 11.7 Å². The van der Waals surface area contributed by atoms with E-state index in [2.05, 4.69) is 5.32 Å². The molecular formula is C12H16Cl2N2. The van der Waals surface area contributed by atoms with E-state index in [-0.39, 0.29) is 6.04 Å².